The fourth-order valence-electron chi connectivity index (χ4n) is 1.78. The van der Waals surface area contributed by atoms with Crippen molar-refractivity contribution in [3.63, 3.8) is 0 Å². The van der Waals surface area contributed by atoms with Crippen LogP contribution in [0.1, 0.15) is 18.3 Å². The van der Waals surface area contributed by atoms with E-state index >= 15 is 0 Å². The minimum Gasteiger partial charge on any atom is -0.373 e. The van der Waals surface area contributed by atoms with E-state index in [0.29, 0.717) is 4.60 Å². The van der Waals surface area contributed by atoms with E-state index in [1.54, 1.807) is 4.68 Å². The molecule has 2 heterocycles. The van der Waals surface area contributed by atoms with Crippen LogP contribution in [0.15, 0.2) is 4.60 Å². The first-order valence-electron chi connectivity index (χ1n) is 5.69. The molecule has 0 aliphatic heterocycles. The fraction of sp³-hybridized carbons (Fsp3) is 0.455. The van der Waals surface area contributed by atoms with Crippen LogP contribution in [0.25, 0.3) is 11.4 Å². The van der Waals surface area contributed by atoms with Crippen LogP contribution >= 0.6 is 15.9 Å². The lowest BCUT2D eigenvalue weighted by Crippen LogP contribution is -2.06. The standard InChI is InChI=1S/C11H15BrN6/c1-5-7-14-8(6(2)11(13-3)15-7)9-10(12)16-17-18(9)4/h5H2,1-4H3,(H,13,14,15). The van der Waals surface area contributed by atoms with Gasteiger partial charge in [0.1, 0.15) is 17.3 Å². The number of halogens is 1. The summed E-state index contributed by atoms with van der Waals surface area (Å²) >= 11 is 3.41. The summed E-state index contributed by atoms with van der Waals surface area (Å²) in [5.41, 5.74) is 2.70. The van der Waals surface area contributed by atoms with Crippen molar-refractivity contribution in [2.45, 2.75) is 20.3 Å². The first-order valence-corrected chi connectivity index (χ1v) is 6.48. The lowest BCUT2D eigenvalue weighted by atomic mass is 10.2. The average molecular weight is 311 g/mol. The molecule has 2 aromatic rings. The molecule has 2 rings (SSSR count). The molecule has 0 aliphatic rings. The Morgan fingerprint density at radius 2 is 2.06 bits per heavy atom. The van der Waals surface area contributed by atoms with Crippen LogP contribution in [0.4, 0.5) is 5.82 Å². The van der Waals surface area contributed by atoms with Gasteiger partial charge in [0.25, 0.3) is 0 Å². The maximum absolute atomic E-state index is 4.58. The molecule has 18 heavy (non-hydrogen) atoms. The predicted octanol–water partition coefficient (Wildman–Crippen LogP) is 1.95. The van der Waals surface area contributed by atoms with Crippen molar-refractivity contribution in [2.24, 2.45) is 7.05 Å². The number of aryl methyl sites for hydroxylation is 2. The van der Waals surface area contributed by atoms with E-state index in [1.807, 2.05) is 27.9 Å². The Bertz CT molecular complexity index is 558. The van der Waals surface area contributed by atoms with Gasteiger partial charge in [-0.2, -0.15) is 0 Å². The Morgan fingerprint density at radius 3 is 2.56 bits per heavy atom. The highest BCUT2D eigenvalue weighted by Crippen LogP contribution is 2.29. The van der Waals surface area contributed by atoms with E-state index in [2.05, 4.69) is 41.5 Å². The fourth-order valence-corrected chi connectivity index (χ4v) is 2.29. The molecule has 0 bridgehead atoms. The number of hydrogen-bond donors (Lipinski definition) is 1. The zero-order valence-electron chi connectivity index (χ0n) is 10.8. The second-order valence-corrected chi connectivity index (χ2v) is 4.67. The highest BCUT2D eigenvalue weighted by atomic mass is 79.9. The quantitative estimate of drug-likeness (QED) is 0.938. The molecule has 6 nitrogen and oxygen atoms in total. The van der Waals surface area contributed by atoms with Crippen molar-refractivity contribution in [3.05, 3.63) is 16.0 Å². The molecule has 7 heteroatoms. The molecule has 0 aromatic carbocycles. The highest BCUT2D eigenvalue weighted by molar-refractivity contribution is 9.10. The summed E-state index contributed by atoms with van der Waals surface area (Å²) in [5, 5.41) is 11.1. The SMILES string of the molecule is CCc1nc(NC)c(C)c(-c2c(Br)nnn2C)n1. The van der Waals surface area contributed by atoms with Gasteiger partial charge in [0, 0.05) is 26.1 Å². The predicted molar refractivity (Wildman–Crippen MR) is 73.4 cm³/mol. The van der Waals surface area contributed by atoms with Crippen molar-refractivity contribution in [2.75, 3.05) is 12.4 Å². The normalized spacial score (nSPS) is 10.7. The molecular formula is C11H15BrN6. The number of nitrogens with one attached hydrogen (secondary N) is 1. The van der Waals surface area contributed by atoms with Gasteiger partial charge in [0.2, 0.25) is 0 Å². The van der Waals surface area contributed by atoms with Crippen molar-refractivity contribution in [3.8, 4) is 11.4 Å². The third-order valence-electron chi connectivity index (χ3n) is 2.76. The molecule has 0 aliphatic carbocycles. The maximum atomic E-state index is 4.58. The first-order chi connectivity index (χ1) is 8.58. The largest absolute Gasteiger partial charge is 0.373 e. The summed E-state index contributed by atoms with van der Waals surface area (Å²) < 4.78 is 2.40. The zero-order chi connectivity index (χ0) is 13.3. The summed E-state index contributed by atoms with van der Waals surface area (Å²) in [6.07, 6.45) is 0.783. The summed E-state index contributed by atoms with van der Waals surface area (Å²) in [5.74, 6) is 1.64. The molecule has 96 valence electrons. The third kappa shape index (κ3) is 2.10. The Kier molecular flexibility index (Phi) is 3.60. The smallest absolute Gasteiger partial charge is 0.157 e. The van der Waals surface area contributed by atoms with Gasteiger partial charge in [0.15, 0.2) is 4.60 Å². The zero-order valence-corrected chi connectivity index (χ0v) is 12.4. The molecule has 0 radical (unpaired) electrons. The van der Waals surface area contributed by atoms with Gasteiger partial charge in [0.05, 0.1) is 5.69 Å². The van der Waals surface area contributed by atoms with Crippen molar-refractivity contribution >= 4 is 21.7 Å². The molecule has 0 saturated carbocycles. The Balaban J connectivity index is 2.70. The molecule has 0 amide bonds. The minimum absolute atomic E-state index is 0.691. The van der Waals surface area contributed by atoms with E-state index in [4.69, 9.17) is 0 Å². The number of rotatable bonds is 3. The summed E-state index contributed by atoms with van der Waals surface area (Å²) in [4.78, 5) is 9.03. The van der Waals surface area contributed by atoms with Gasteiger partial charge in [-0.3, -0.25) is 0 Å². The number of aromatic nitrogens is 5. The van der Waals surface area contributed by atoms with Gasteiger partial charge < -0.3 is 5.32 Å². The van der Waals surface area contributed by atoms with E-state index in [9.17, 15) is 0 Å². The second kappa shape index (κ2) is 5.01. The van der Waals surface area contributed by atoms with Crippen LogP contribution in [-0.2, 0) is 13.5 Å². The molecule has 0 atom stereocenters. The van der Waals surface area contributed by atoms with Crippen molar-refractivity contribution in [1.82, 2.24) is 25.0 Å². The molecule has 1 N–H and O–H groups in total. The van der Waals surface area contributed by atoms with Crippen LogP contribution in [0.5, 0.6) is 0 Å². The Morgan fingerprint density at radius 1 is 1.33 bits per heavy atom. The molecular weight excluding hydrogens is 296 g/mol. The van der Waals surface area contributed by atoms with E-state index < -0.39 is 0 Å². The Labute approximate surface area is 114 Å². The van der Waals surface area contributed by atoms with Gasteiger partial charge >= 0.3 is 0 Å². The molecule has 0 saturated heterocycles. The first kappa shape index (κ1) is 12.9. The number of anilines is 1. The van der Waals surface area contributed by atoms with Crippen molar-refractivity contribution < 1.29 is 0 Å². The van der Waals surface area contributed by atoms with Crippen LogP contribution in [0.3, 0.4) is 0 Å². The van der Waals surface area contributed by atoms with E-state index in [1.165, 1.54) is 0 Å². The van der Waals surface area contributed by atoms with Gasteiger partial charge in [-0.25, -0.2) is 14.6 Å². The molecule has 0 unspecified atom stereocenters. The molecule has 2 aromatic heterocycles. The van der Waals surface area contributed by atoms with E-state index in [0.717, 1.165) is 35.0 Å². The lowest BCUT2D eigenvalue weighted by Gasteiger charge is -2.11. The number of hydrogen-bond acceptors (Lipinski definition) is 5. The van der Waals surface area contributed by atoms with E-state index in [-0.39, 0.29) is 0 Å². The maximum Gasteiger partial charge on any atom is 0.157 e. The van der Waals surface area contributed by atoms with Crippen LogP contribution < -0.4 is 5.32 Å². The van der Waals surface area contributed by atoms with Gasteiger partial charge in [-0.15, -0.1) is 5.10 Å². The summed E-state index contributed by atoms with van der Waals surface area (Å²) in [7, 11) is 3.70. The second-order valence-electron chi connectivity index (χ2n) is 3.92. The third-order valence-corrected chi connectivity index (χ3v) is 3.29. The summed E-state index contributed by atoms with van der Waals surface area (Å²) in [6.45, 7) is 4.02. The van der Waals surface area contributed by atoms with Gasteiger partial charge in [-0.05, 0) is 22.9 Å². The number of nitrogens with zero attached hydrogens (tertiary/aromatic N) is 5. The topological polar surface area (TPSA) is 68.5 Å². The van der Waals surface area contributed by atoms with Crippen LogP contribution in [-0.4, -0.2) is 32.0 Å². The highest BCUT2D eigenvalue weighted by Gasteiger charge is 2.18. The monoisotopic (exact) mass is 310 g/mol. The molecule has 0 spiro atoms. The molecule has 0 fully saturated rings. The Hall–Kier alpha value is -1.50. The van der Waals surface area contributed by atoms with Crippen LogP contribution in [0.2, 0.25) is 0 Å². The average Bonchev–Trinajstić information content (AvgIpc) is 2.70. The minimum atomic E-state index is 0.691. The summed E-state index contributed by atoms with van der Waals surface area (Å²) in [6, 6.07) is 0. The van der Waals surface area contributed by atoms with Crippen molar-refractivity contribution in [1.29, 1.82) is 0 Å². The lowest BCUT2D eigenvalue weighted by molar-refractivity contribution is 0.717. The van der Waals surface area contributed by atoms with Crippen LogP contribution in [0, 0.1) is 6.92 Å². The van der Waals surface area contributed by atoms with Gasteiger partial charge in [-0.1, -0.05) is 12.1 Å².